The highest BCUT2D eigenvalue weighted by Gasteiger charge is 2.19. The molecule has 11 heavy (non-hydrogen) atoms. The third-order valence-electron chi connectivity index (χ3n) is 1.76. The van der Waals surface area contributed by atoms with Crippen molar-refractivity contribution in [3.63, 3.8) is 0 Å². The molecule has 1 aliphatic rings. The van der Waals surface area contributed by atoms with Gasteiger partial charge in [-0.25, -0.2) is 4.98 Å². The first kappa shape index (κ1) is 8.03. The summed E-state index contributed by atoms with van der Waals surface area (Å²) in [6, 6.07) is 2.06. The summed E-state index contributed by atoms with van der Waals surface area (Å²) in [6.07, 6.45) is 3.02. The molecule has 0 unspecified atom stereocenters. The van der Waals surface area contributed by atoms with E-state index in [-0.39, 0.29) is 0 Å². The van der Waals surface area contributed by atoms with Crippen LogP contribution in [0.1, 0.15) is 5.56 Å². The van der Waals surface area contributed by atoms with Crippen LogP contribution in [0.25, 0.3) is 0 Å². The van der Waals surface area contributed by atoms with Gasteiger partial charge in [0, 0.05) is 21.9 Å². The van der Waals surface area contributed by atoms with E-state index in [1.807, 2.05) is 6.20 Å². The van der Waals surface area contributed by atoms with E-state index in [4.69, 9.17) is 0 Å². The normalized spacial score (nSPS) is 15.3. The SMILES string of the molecule is Ic1ccnc2c1CCN2I. The molecule has 0 bridgehead atoms. The molecule has 0 radical (unpaired) electrons. The summed E-state index contributed by atoms with van der Waals surface area (Å²) < 4.78 is 3.52. The molecule has 0 aliphatic carbocycles. The lowest BCUT2D eigenvalue weighted by Crippen LogP contribution is -2.04. The number of rotatable bonds is 0. The average molecular weight is 372 g/mol. The highest BCUT2D eigenvalue weighted by molar-refractivity contribution is 14.1. The zero-order valence-electron chi connectivity index (χ0n) is 5.72. The number of nitrogens with zero attached hydrogens (tertiary/aromatic N) is 2. The molecule has 2 nitrogen and oxygen atoms in total. The van der Waals surface area contributed by atoms with Crippen LogP contribution in [0.3, 0.4) is 0 Å². The molecule has 1 aliphatic heterocycles. The van der Waals surface area contributed by atoms with Crippen LogP contribution < -0.4 is 3.11 Å². The van der Waals surface area contributed by atoms with Crippen molar-refractivity contribution < 1.29 is 0 Å². The van der Waals surface area contributed by atoms with Gasteiger partial charge in [0.25, 0.3) is 0 Å². The summed E-state index contributed by atoms with van der Waals surface area (Å²) in [6.45, 7) is 1.10. The van der Waals surface area contributed by atoms with Gasteiger partial charge in [0.1, 0.15) is 5.82 Å². The molecular weight excluding hydrogens is 366 g/mol. The second-order valence-electron chi connectivity index (χ2n) is 2.43. The summed E-state index contributed by atoms with van der Waals surface area (Å²) in [5.41, 5.74) is 1.41. The van der Waals surface area contributed by atoms with Crippen LogP contribution >= 0.6 is 45.5 Å². The van der Waals surface area contributed by atoms with E-state index in [1.54, 1.807) is 0 Å². The number of halogens is 2. The van der Waals surface area contributed by atoms with Crippen LogP contribution in [0.2, 0.25) is 0 Å². The zero-order valence-corrected chi connectivity index (χ0v) is 10.0. The van der Waals surface area contributed by atoms with Gasteiger partial charge in [0.15, 0.2) is 0 Å². The van der Waals surface area contributed by atoms with Crippen molar-refractivity contribution in [3.8, 4) is 0 Å². The van der Waals surface area contributed by atoms with Gasteiger partial charge in [-0.15, -0.1) is 0 Å². The maximum atomic E-state index is 4.31. The van der Waals surface area contributed by atoms with Crippen LogP contribution in [0.4, 0.5) is 5.82 Å². The van der Waals surface area contributed by atoms with Crippen molar-refractivity contribution in [2.24, 2.45) is 0 Å². The summed E-state index contributed by atoms with van der Waals surface area (Å²) in [5, 5.41) is 0. The molecular formula is C7H6I2N2. The highest BCUT2D eigenvalue weighted by Crippen LogP contribution is 2.31. The first-order chi connectivity index (χ1) is 5.29. The molecule has 1 aromatic rings. The Bertz CT molecular complexity index is 288. The van der Waals surface area contributed by atoms with Crippen LogP contribution in [0, 0.1) is 3.57 Å². The number of fused-ring (bicyclic) bond motifs is 1. The monoisotopic (exact) mass is 372 g/mol. The fourth-order valence-corrected chi connectivity index (χ4v) is 2.54. The number of hydrogen-bond acceptors (Lipinski definition) is 2. The number of hydrogen-bond donors (Lipinski definition) is 0. The lowest BCUT2D eigenvalue weighted by atomic mass is 10.2. The van der Waals surface area contributed by atoms with E-state index in [0.29, 0.717) is 0 Å². The Kier molecular flexibility index (Phi) is 2.22. The van der Waals surface area contributed by atoms with Crippen molar-refractivity contribution in [2.45, 2.75) is 6.42 Å². The molecule has 0 spiro atoms. The van der Waals surface area contributed by atoms with Crippen molar-refractivity contribution in [2.75, 3.05) is 9.66 Å². The maximum absolute atomic E-state index is 4.31. The Hall–Kier alpha value is 0.410. The zero-order chi connectivity index (χ0) is 7.84. The van der Waals surface area contributed by atoms with Gasteiger partial charge in [-0.3, -0.25) is 3.11 Å². The van der Waals surface area contributed by atoms with E-state index in [9.17, 15) is 0 Å². The molecule has 0 atom stereocenters. The van der Waals surface area contributed by atoms with E-state index in [1.165, 1.54) is 9.13 Å². The molecule has 0 aromatic carbocycles. The van der Waals surface area contributed by atoms with Gasteiger partial charge < -0.3 is 0 Å². The largest absolute Gasteiger partial charge is 0.299 e. The minimum absolute atomic E-state index is 1.10. The molecule has 0 fully saturated rings. The summed E-state index contributed by atoms with van der Waals surface area (Å²) in [7, 11) is 0. The number of anilines is 1. The van der Waals surface area contributed by atoms with Gasteiger partial charge in [-0.2, -0.15) is 0 Å². The van der Waals surface area contributed by atoms with Crippen molar-refractivity contribution >= 4 is 51.3 Å². The molecule has 0 amide bonds. The van der Waals surface area contributed by atoms with Crippen molar-refractivity contribution in [3.05, 3.63) is 21.4 Å². The van der Waals surface area contributed by atoms with Crippen LogP contribution in [0.15, 0.2) is 12.3 Å². The first-order valence-corrected chi connectivity index (χ1v) is 5.40. The highest BCUT2D eigenvalue weighted by atomic mass is 127. The minimum Gasteiger partial charge on any atom is -0.299 e. The number of aromatic nitrogens is 1. The van der Waals surface area contributed by atoms with E-state index in [0.717, 1.165) is 18.8 Å². The molecule has 4 heteroatoms. The third kappa shape index (κ3) is 1.34. The Morgan fingerprint density at radius 2 is 2.36 bits per heavy atom. The summed E-state index contributed by atoms with van der Waals surface area (Å²) in [5.74, 6) is 1.15. The Balaban J connectivity index is 2.57. The smallest absolute Gasteiger partial charge is 0.141 e. The number of pyridine rings is 1. The minimum atomic E-state index is 1.10. The molecule has 1 aromatic heterocycles. The van der Waals surface area contributed by atoms with Gasteiger partial charge in [-0.1, -0.05) is 0 Å². The van der Waals surface area contributed by atoms with E-state index < -0.39 is 0 Å². The van der Waals surface area contributed by atoms with Gasteiger partial charge in [-0.05, 0) is 35.1 Å². The first-order valence-electron chi connectivity index (χ1n) is 3.36. The Labute approximate surface area is 93.0 Å². The topological polar surface area (TPSA) is 16.1 Å². The molecule has 0 N–H and O–H groups in total. The third-order valence-corrected chi connectivity index (χ3v) is 3.71. The van der Waals surface area contributed by atoms with Crippen LogP contribution in [-0.2, 0) is 6.42 Å². The maximum Gasteiger partial charge on any atom is 0.141 e. The fourth-order valence-electron chi connectivity index (χ4n) is 1.21. The quantitative estimate of drug-likeness (QED) is 0.514. The predicted molar refractivity (Wildman–Crippen MR) is 62.0 cm³/mol. The van der Waals surface area contributed by atoms with Gasteiger partial charge in [0.2, 0.25) is 0 Å². The van der Waals surface area contributed by atoms with E-state index >= 15 is 0 Å². The van der Waals surface area contributed by atoms with Crippen molar-refractivity contribution in [1.29, 1.82) is 0 Å². The lowest BCUT2D eigenvalue weighted by Gasteiger charge is -2.06. The molecule has 2 rings (SSSR count). The van der Waals surface area contributed by atoms with Crippen LogP contribution in [0.5, 0.6) is 0 Å². The Morgan fingerprint density at radius 3 is 3.09 bits per heavy atom. The standard InChI is InChI=1S/C7H6I2N2/c8-6-1-3-10-7-5(6)2-4-11(7)9/h1,3H,2,4H2. The van der Waals surface area contributed by atoms with E-state index in [2.05, 4.69) is 59.6 Å². The van der Waals surface area contributed by atoms with Crippen LogP contribution in [-0.4, -0.2) is 11.5 Å². The van der Waals surface area contributed by atoms with Gasteiger partial charge in [0.05, 0.1) is 22.9 Å². The fraction of sp³-hybridized carbons (Fsp3) is 0.286. The van der Waals surface area contributed by atoms with Crippen molar-refractivity contribution in [1.82, 2.24) is 4.98 Å². The Morgan fingerprint density at radius 1 is 1.55 bits per heavy atom. The molecule has 2 heterocycles. The second kappa shape index (κ2) is 3.04. The molecule has 0 saturated carbocycles. The average Bonchev–Trinajstić information content (AvgIpc) is 2.35. The van der Waals surface area contributed by atoms with Gasteiger partial charge >= 0.3 is 0 Å². The summed E-state index contributed by atoms with van der Waals surface area (Å²) in [4.78, 5) is 4.31. The molecule has 0 saturated heterocycles. The predicted octanol–water partition coefficient (Wildman–Crippen LogP) is 2.40. The lowest BCUT2D eigenvalue weighted by molar-refractivity contribution is 1.07. The summed E-state index contributed by atoms with van der Waals surface area (Å²) >= 11 is 4.67. The molecule has 58 valence electrons. The second-order valence-corrected chi connectivity index (χ2v) is 4.76.